The molecule has 0 saturated carbocycles. The highest BCUT2D eigenvalue weighted by molar-refractivity contribution is 6.34. The van der Waals surface area contributed by atoms with Gasteiger partial charge in [-0.05, 0) is 84.3 Å². The van der Waals surface area contributed by atoms with E-state index in [2.05, 4.69) is 45.0 Å². The third-order valence-electron chi connectivity index (χ3n) is 7.78. The molecule has 0 spiro atoms. The highest BCUT2D eigenvalue weighted by atomic mass is 16.3. The van der Waals surface area contributed by atoms with Crippen LogP contribution < -0.4 is 5.46 Å². The first-order valence-corrected chi connectivity index (χ1v) is 12.2. The monoisotopic (exact) mass is 476 g/mol. The van der Waals surface area contributed by atoms with Crippen LogP contribution in [-0.4, -0.2) is 23.2 Å². The van der Waals surface area contributed by atoms with Gasteiger partial charge in [0, 0.05) is 10.8 Å². The van der Waals surface area contributed by atoms with Gasteiger partial charge < -0.3 is 15.3 Å². The maximum atomic E-state index is 10.2. The molecule has 0 aliphatic heterocycles. The van der Waals surface area contributed by atoms with Crippen molar-refractivity contribution in [2.75, 3.05) is 0 Å². The molecular weight excluding hydrogens is 443 g/mol. The summed E-state index contributed by atoms with van der Waals surface area (Å²) in [6.45, 7) is 12.1. The molecule has 0 amide bonds. The summed E-state index contributed by atoms with van der Waals surface area (Å²) in [5.74, 6) is 0.668. The third-order valence-corrected chi connectivity index (χ3v) is 7.78. The van der Waals surface area contributed by atoms with Crippen molar-refractivity contribution in [1.29, 1.82) is 0 Å². The molecule has 3 nitrogen and oxygen atoms in total. The lowest BCUT2D eigenvalue weighted by atomic mass is 9.69. The Kier molecular flexibility index (Phi) is 6.42. The lowest BCUT2D eigenvalue weighted by Crippen LogP contribution is -2.26. The Balaban J connectivity index is 1.85. The number of aromatic hydroxyl groups is 3. The van der Waals surface area contributed by atoms with Crippen molar-refractivity contribution in [3.05, 3.63) is 117 Å². The van der Waals surface area contributed by atoms with E-state index in [0.717, 1.165) is 44.5 Å². The van der Waals surface area contributed by atoms with Crippen LogP contribution in [-0.2, 0) is 10.8 Å². The van der Waals surface area contributed by atoms with Gasteiger partial charge in [0.1, 0.15) is 25.1 Å². The van der Waals surface area contributed by atoms with Crippen LogP contribution in [0.1, 0.15) is 65.3 Å². The van der Waals surface area contributed by atoms with Gasteiger partial charge in [-0.2, -0.15) is 0 Å². The highest BCUT2D eigenvalue weighted by Gasteiger charge is 2.33. The van der Waals surface area contributed by atoms with Crippen LogP contribution in [0.3, 0.4) is 0 Å². The molecule has 3 N–H and O–H groups in total. The van der Waals surface area contributed by atoms with E-state index in [0.29, 0.717) is 5.46 Å². The van der Waals surface area contributed by atoms with E-state index in [-0.39, 0.29) is 22.7 Å². The first kappa shape index (κ1) is 25.4. The molecule has 0 fully saturated rings. The van der Waals surface area contributed by atoms with Crippen molar-refractivity contribution in [2.24, 2.45) is 0 Å². The lowest BCUT2D eigenvalue weighted by Gasteiger charge is -2.34. The first-order valence-electron chi connectivity index (χ1n) is 12.2. The fraction of sp³-hybridized carbons (Fsp3) is 0.250. The van der Waals surface area contributed by atoms with E-state index in [1.54, 1.807) is 12.1 Å². The second kappa shape index (κ2) is 9.09. The van der Waals surface area contributed by atoms with Gasteiger partial charge in [-0.15, -0.1) is 0 Å². The normalized spacial score (nSPS) is 12.1. The van der Waals surface area contributed by atoms with Crippen molar-refractivity contribution in [1.82, 2.24) is 0 Å². The number of benzene rings is 4. The number of rotatable bonds is 5. The minimum absolute atomic E-state index is 0.133. The Hall–Kier alpha value is -3.66. The van der Waals surface area contributed by atoms with Crippen LogP contribution >= 0.6 is 0 Å². The molecule has 0 heterocycles. The quantitative estimate of drug-likeness (QED) is 0.237. The fourth-order valence-corrected chi connectivity index (χ4v) is 4.99. The molecule has 36 heavy (non-hydrogen) atoms. The Morgan fingerprint density at radius 3 is 1.39 bits per heavy atom. The van der Waals surface area contributed by atoms with Crippen LogP contribution in [0.2, 0.25) is 0 Å². The minimum atomic E-state index is -0.515. The second-order valence-corrected chi connectivity index (χ2v) is 10.6. The highest BCUT2D eigenvalue weighted by Crippen LogP contribution is 2.42. The number of phenolic OH excluding ortho intramolecular Hbond substituents is 3. The van der Waals surface area contributed by atoms with Gasteiger partial charge in [-0.3, -0.25) is 0 Å². The van der Waals surface area contributed by atoms with Crippen molar-refractivity contribution >= 4 is 13.3 Å². The first-order chi connectivity index (χ1) is 16.9. The average Bonchev–Trinajstić information content (AvgIpc) is 2.85. The van der Waals surface area contributed by atoms with Crippen LogP contribution in [0.15, 0.2) is 72.8 Å². The third kappa shape index (κ3) is 4.26. The second-order valence-electron chi connectivity index (χ2n) is 10.6. The summed E-state index contributed by atoms with van der Waals surface area (Å²) in [6.07, 6.45) is 0. The number of aryl methyl sites for hydroxylation is 3. The largest absolute Gasteiger partial charge is 0.508 e. The van der Waals surface area contributed by atoms with E-state index < -0.39 is 5.41 Å². The molecule has 0 aromatic heterocycles. The summed E-state index contributed by atoms with van der Waals surface area (Å²) in [4.78, 5) is 0. The van der Waals surface area contributed by atoms with Crippen molar-refractivity contribution < 1.29 is 15.3 Å². The van der Waals surface area contributed by atoms with Crippen molar-refractivity contribution in [3.63, 3.8) is 0 Å². The standard InChI is InChI=1S/C32H33BO3/c1-19-15-24(11-13-28(19)34)32(6,25-12-14-29(35)20(2)16-25)23-9-7-22(8-10-23)31(4,5)26-17-21(3)30(36)27(33)18-26/h7-18,34-36H,1-6H3. The summed E-state index contributed by atoms with van der Waals surface area (Å²) >= 11 is 0. The Labute approximate surface area is 215 Å². The van der Waals surface area contributed by atoms with Crippen LogP contribution in [0, 0.1) is 20.8 Å². The van der Waals surface area contributed by atoms with E-state index >= 15 is 0 Å². The Bertz CT molecular complexity index is 1360. The van der Waals surface area contributed by atoms with Crippen molar-refractivity contribution in [3.8, 4) is 17.2 Å². The molecule has 4 aromatic rings. The number of hydrogen-bond donors (Lipinski definition) is 3. The summed E-state index contributed by atoms with van der Waals surface area (Å²) < 4.78 is 0. The smallest absolute Gasteiger partial charge is 0.119 e. The van der Waals surface area contributed by atoms with Crippen LogP contribution in [0.4, 0.5) is 0 Å². The summed E-state index contributed by atoms with van der Waals surface area (Å²) in [5, 5.41) is 30.5. The molecular formula is C32H33BO3. The predicted octanol–water partition coefficient (Wildman–Crippen LogP) is 6.20. The average molecular weight is 476 g/mol. The SMILES string of the molecule is [B]c1cc(C(C)(C)c2ccc(C(C)(c3ccc(O)c(C)c3)c3ccc(O)c(C)c3)cc2)cc(C)c1O. The van der Waals surface area contributed by atoms with Gasteiger partial charge in [-0.1, -0.05) is 80.0 Å². The Morgan fingerprint density at radius 1 is 0.528 bits per heavy atom. The molecule has 182 valence electrons. The lowest BCUT2D eigenvalue weighted by molar-refractivity contribution is 0.470. The molecule has 0 saturated heterocycles. The van der Waals surface area contributed by atoms with Gasteiger partial charge >= 0.3 is 0 Å². The van der Waals surface area contributed by atoms with E-state index in [4.69, 9.17) is 7.85 Å². The van der Waals surface area contributed by atoms with Crippen LogP contribution in [0.5, 0.6) is 17.2 Å². The maximum Gasteiger partial charge on any atom is 0.119 e. The molecule has 0 atom stereocenters. The zero-order chi connectivity index (χ0) is 26.4. The fourth-order valence-electron chi connectivity index (χ4n) is 4.99. The number of hydrogen-bond acceptors (Lipinski definition) is 3. The maximum absolute atomic E-state index is 10.2. The molecule has 4 rings (SSSR count). The molecule has 0 aliphatic rings. The zero-order valence-electron chi connectivity index (χ0n) is 21.8. The summed E-state index contributed by atoms with van der Waals surface area (Å²) in [7, 11) is 6.07. The predicted molar refractivity (Wildman–Crippen MR) is 148 cm³/mol. The van der Waals surface area contributed by atoms with Gasteiger partial charge in [0.25, 0.3) is 0 Å². The summed E-state index contributed by atoms with van der Waals surface area (Å²) in [5.41, 5.74) is 7.29. The summed E-state index contributed by atoms with van der Waals surface area (Å²) in [6, 6.07) is 23.9. The molecule has 0 aliphatic carbocycles. The van der Waals surface area contributed by atoms with Gasteiger partial charge in [-0.25, -0.2) is 0 Å². The zero-order valence-corrected chi connectivity index (χ0v) is 21.8. The number of phenols is 3. The minimum Gasteiger partial charge on any atom is -0.508 e. The van der Waals surface area contributed by atoms with Gasteiger partial charge in [0.15, 0.2) is 0 Å². The molecule has 0 bridgehead atoms. The topological polar surface area (TPSA) is 60.7 Å². The molecule has 0 unspecified atom stereocenters. The van der Waals surface area contributed by atoms with Crippen LogP contribution in [0.25, 0.3) is 0 Å². The molecule has 2 radical (unpaired) electrons. The van der Waals surface area contributed by atoms with Crippen molar-refractivity contribution in [2.45, 2.75) is 52.4 Å². The van der Waals surface area contributed by atoms with E-state index in [1.807, 2.05) is 57.2 Å². The van der Waals surface area contributed by atoms with E-state index in [1.165, 1.54) is 0 Å². The Morgan fingerprint density at radius 2 is 0.944 bits per heavy atom. The van der Waals surface area contributed by atoms with Gasteiger partial charge in [0.05, 0.1) is 0 Å². The molecule has 4 aromatic carbocycles. The van der Waals surface area contributed by atoms with E-state index in [9.17, 15) is 15.3 Å². The van der Waals surface area contributed by atoms with Gasteiger partial charge in [0.2, 0.25) is 0 Å². The molecule has 4 heteroatoms.